The summed E-state index contributed by atoms with van der Waals surface area (Å²) in [7, 11) is 1.55. The van der Waals surface area contributed by atoms with Gasteiger partial charge in [-0.2, -0.15) is 4.37 Å². The van der Waals surface area contributed by atoms with Crippen LogP contribution in [0.1, 0.15) is 48.5 Å². The molecule has 0 saturated heterocycles. The first-order valence-electron chi connectivity index (χ1n) is 12.1. The van der Waals surface area contributed by atoms with Gasteiger partial charge in [0.05, 0.1) is 12.8 Å². The zero-order valence-electron chi connectivity index (χ0n) is 21.8. The molecule has 3 aromatic carbocycles. The number of nitrogens with zero attached hydrogens (tertiary/aromatic N) is 2. The highest BCUT2D eigenvalue weighted by atomic mass is 32.1. The lowest BCUT2D eigenvalue weighted by Gasteiger charge is -2.32. The number of rotatable bonds is 9. The van der Waals surface area contributed by atoms with Gasteiger partial charge in [0.15, 0.2) is 5.69 Å². The molecule has 39 heavy (non-hydrogen) atoms. The average Bonchev–Trinajstić information content (AvgIpc) is 3.34. The fourth-order valence-corrected chi connectivity index (χ4v) is 4.83. The number of hydrogen-bond donors (Lipinski definition) is 3. The molecular formula is C29H29N5O4S. The zero-order chi connectivity index (χ0) is 28.1. The van der Waals surface area contributed by atoms with E-state index in [1.54, 1.807) is 37.4 Å². The fraction of sp³-hybridized carbons (Fsp3) is 0.172. The molecule has 4 aromatic rings. The second-order valence-corrected chi connectivity index (χ2v) is 9.73. The topological polar surface area (TPSA) is 141 Å². The van der Waals surface area contributed by atoms with E-state index in [0.717, 1.165) is 28.2 Å². The van der Waals surface area contributed by atoms with Crippen LogP contribution >= 0.6 is 11.5 Å². The number of hydrogen-bond acceptors (Lipinski definition) is 7. The van der Waals surface area contributed by atoms with Crippen LogP contribution in [0.5, 0.6) is 5.75 Å². The molecule has 0 unspecified atom stereocenters. The van der Waals surface area contributed by atoms with Crippen LogP contribution in [0.4, 0.5) is 11.4 Å². The van der Waals surface area contributed by atoms with E-state index in [2.05, 4.69) is 9.69 Å². The molecule has 1 aromatic heterocycles. The molecule has 0 aliphatic rings. The maximum atomic E-state index is 14.2. The van der Waals surface area contributed by atoms with Crippen molar-refractivity contribution < 1.29 is 19.1 Å². The van der Waals surface area contributed by atoms with Gasteiger partial charge in [-0.05, 0) is 71.9 Å². The minimum absolute atomic E-state index is 0.0106. The van der Waals surface area contributed by atoms with Gasteiger partial charge in [0.2, 0.25) is 5.91 Å². The van der Waals surface area contributed by atoms with Gasteiger partial charge in [-0.1, -0.05) is 48.5 Å². The molecule has 0 spiro atoms. The largest absolute Gasteiger partial charge is 0.497 e. The van der Waals surface area contributed by atoms with Crippen molar-refractivity contribution in [1.29, 1.82) is 0 Å². The SMILES string of the molecule is COc1ccc([C@@H](C(=O)NCc2ccccc2)N(C(=O)c2snc(C(N)=O)c2N)c2ccc(C)c(C)c2)cc1. The quantitative estimate of drug-likeness (QED) is 0.290. The Balaban J connectivity index is 1.85. The van der Waals surface area contributed by atoms with Gasteiger partial charge in [0, 0.05) is 12.2 Å². The zero-order valence-corrected chi connectivity index (χ0v) is 22.6. The van der Waals surface area contributed by atoms with Crippen LogP contribution in [-0.2, 0) is 11.3 Å². The third-order valence-electron chi connectivity index (χ3n) is 6.39. The van der Waals surface area contributed by atoms with Crippen molar-refractivity contribution in [3.8, 4) is 5.75 Å². The minimum Gasteiger partial charge on any atom is -0.497 e. The van der Waals surface area contributed by atoms with Gasteiger partial charge in [-0.15, -0.1) is 0 Å². The minimum atomic E-state index is -1.09. The van der Waals surface area contributed by atoms with E-state index in [9.17, 15) is 14.4 Å². The number of ether oxygens (including phenoxy) is 1. The monoisotopic (exact) mass is 543 g/mol. The molecule has 0 bridgehead atoms. The van der Waals surface area contributed by atoms with Crippen molar-refractivity contribution >= 4 is 40.6 Å². The van der Waals surface area contributed by atoms with E-state index in [1.807, 2.05) is 56.3 Å². The molecule has 4 rings (SSSR count). The highest BCUT2D eigenvalue weighted by molar-refractivity contribution is 7.09. The Bertz CT molecular complexity index is 1500. The van der Waals surface area contributed by atoms with Crippen LogP contribution in [-0.4, -0.2) is 29.2 Å². The number of benzene rings is 3. The second-order valence-electron chi connectivity index (χ2n) is 8.96. The number of anilines is 2. The molecule has 0 aliphatic heterocycles. The molecule has 0 aliphatic carbocycles. The van der Waals surface area contributed by atoms with Crippen LogP contribution in [0, 0.1) is 13.8 Å². The highest BCUT2D eigenvalue weighted by Crippen LogP contribution is 2.34. The van der Waals surface area contributed by atoms with Crippen LogP contribution < -0.4 is 26.4 Å². The Kier molecular flexibility index (Phi) is 8.26. The predicted molar refractivity (Wildman–Crippen MR) is 152 cm³/mol. The Morgan fingerprint density at radius 1 is 1.00 bits per heavy atom. The fourth-order valence-electron chi connectivity index (χ4n) is 4.08. The average molecular weight is 544 g/mol. The van der Waals surface area contributed by atoms with E-state index in [1.165, 1.54) is 4.90 Å². The summed E-state index contributed by atoms with van der Waals surface area (Å²) < 4.78 is 9.30. The molecule has 200 valence electrons. The number of nitrogens with two attached hydrogens (primary N) is 2. The van der Waals surface area contributed by atoms with Gasteiger partial charge in [-0.25, -0.2) is 0 Å². The maximum Gasteiger partial charge on any atom is 0.273 e. The highest BCUT2D eigenvalue weighted by Gasteiger charge is 2.36. The van der Waals surface area contributed by atoms with Crippen LogP contribution in [0.3, 0.4) is 0 Å². The lowest BCUT2D eigenvalue weighted by molar-refractivity contribution is -0.122. The lowest BCUT2D eigenvalue weighted by Crippen LogP contribution is -2.44. The number of amides is 3. The normalized spacial score (nSPS) is 11.5. The van der Waals surface area contributed by atoms with Crippen molar-refractivity contribution in [1.82, 2.24) is 9.69 Å². The Labute approximate surface area is 230 Å². The van der Waals surface area contributed by atoms with Gasteiger partial charge in [0.1, 0.15) is 16.7 Å². The molecule has 0 fully saturated rings. The summed E-state index contributed by atoms with van der Waals surface area (Å²) in [5.74, 6) is -1.23. The molecule has 9 nitrogen and oxygen atoms in total. The van der Waals surface area contributed by atoms with Gasteiger partial charge < -0.3 is 21.5 Å². The smallest absolute Gasteiger partial charge is 0.273 e. The predicted octanol–water partition coefficient (Wildman–Crippen LogP) is 4.15. The van der Waals surface area contributed by atoms with Crippen LogP contribution in [0.25, 0.3) is 0 Å². The number of methoxy groups -OCH3 is 1. The first-order chi connectivity index (χ1) is 18.7. The number of carbonyl (C=O) groups is 3. The van der Waals surface area contributed by atoms with Gasteiger partial charge in [0.25, 0.3) is 11.8 Å². The number of carbonyl (C=O) groups excluding carboxylic acids is 3. The first kappa shape index (κ1) is 27.3. The van der Waals surface area contributed by atoms with Crippen molar-refractivity contribution in [2.45, 2.75) is 26.4 Å². The molecule has 5 N–H and O–H groups in total. The summed E-state index contributed by atoms with van der Waals surface area (Å²) in [5, 5.41) is 2.97. The molecular weight excluding hydrogens is 514 g/mol. The summed E-state index contributed by atoms with van der Waals surface area (Å²) in [6.07, 6.45) is 0. The van der Waals surface area contributed by atoms with Crippen molar-refractivity contribution in [2.24, 2.45) is 5.73 Å². The van der Waals surface area contributed by atoms with Crippen LogP contribution in [0.15, 0.2) is 72.8 Å². The van der Waals surface area contributed by atoms with E-state index >= 15 is 0 Å². The van der Waals surface area contributed by atoms with E-state index in [4.69, 9.17) is 16.2 Å². The third kappa shape index (κ3) is 5.91. The van der Waals surface area contributed by atoms with E-state index in [0.29, 0.717) is 17.0 Å². The molecule has 0 saturated carbocycles. The molecule has 1 heterocycles. The molecule has 1 atom stereocenters. The number of nitrogen functional groups attached to an aromatic ring is 1. The summed E-state index contributed by atoms with van der Waals surface area (Å²) in [5.41, 5.74) is 15.1. The lowest BCUT2D eigenvalue weighted by atomic mass is 10.0. The number of primary amides is 1. The summed E-state index contributed by atoms with van der Waals surface area (Å²) >= 11 is 0.765. The Hall–Kier alpha value is -4.70. The first-order valence-corrected chi connectivity index (χ1v) is 12.9. The number of aryl methyl sites for hydroxylation is 2. The van der Waals surface area contributed by atoms with Crippen LogP contribution in [0.2, 0.25) is 0 Å². The van der Waals surface area contributed by atoms with Crippen molar-refractivity contribution in [3.05, 3.63) is 106 Å². The van der Waals surface area contributed by atoms with E-state index < -0.39 is 23.8 Å². The van der Waals surface area contributed by atoms with E-state index in [-0.39, 0.29) is 22.8 Å². The van der Waals surface area contributed by atoms with Crippen molar-refractivity contribution in [2.75, 3.05) is 17.7 Å². The Morgan fingerprint density at radius 3 is 2.28 bits per heavy atom. The van der Waals surface area contributed by atoms with Gasteiger partial charge in [-0.3, -0.25) is 19.3 Å². The standard InChI is InChI=1S/C29H29N5O4S/c1-17-9-12-21(15-18(17)2)34(29(37)26-23(30)24(27(31)35)33-39-26)25(20-10-13-22(38-3)14-11-20)28(36)32-16-19-7-5-4-6-8-19/h4-15,25H,16,30H2,1-3H3,(H2,31,35)(H,32,36)/t25-/m0/s1. The summed E-state index contributed by atoms with van der Waals surface area (Å²) in [6.45, 7) is 4.14. The molecule has 3 amide bonds. The molecule has 0 radical (unpaired) electrons. The van der Waals surface area contributed by atoms with Gasteiger partial charge >= 0.3 is 0 Å². The number of aromatic nitrogens is 1. The van der Waals surface area contributed by atoms with Crippen molar-refractivity contribution in [3.63, 3.8) is 0 Å². The maximum absolute atomic E-state index is 14.2. The third-order valence-corrected chi connectivity index (χ3v) is 7.24. The molecule has 10 heteroatoms. The summed E-state index contributed by atoms with van der Waals surface area (Å²) in [6, 6.07) is 20.8. The number of nitrogens with one attached hydrogen (secondary N) is 1. The second kappa shape index (κ2) is 11.8. The Morgan fingerprint density at radius 2 is 1.69 bits per heavy atom. The summed E-state index contributed by atoms with van der Waals surface area (Å²) in [4.78, 5) is 41.3.